The van der Waals surface area contributed by atoms with E-state index < -0.39 is 9.85 Å². The van der Waals surface area contributed by atoms with Crippen molar-refractivity contribution in [3.8, 4) is 22.6 Å². The highest BCUT2D eigenvalue weighted by Gasteiger charge is 2.10. The van der Waals surface area contributed by atoms with E-state index in [0.717, 1.165) is 83.4 Å². The predicted molar refractivity (Wildman–Crippen MR) is 195 cm³/mol. The van der Waals surface area contributed by atoms with Crippen LogP contribution in [0.5, 0.6) is 11.5 Å². The molecule has 0 aromatic heterocycles. The third-order valence-corrected chi connectivity index (χ3v) is 7.98. The van der Waals surface area contributed by atoms with E-state index in [2.05, 4.69) is 38.1 Å². The van der Waals surface area contributed by atoms with Crippen LogP contribution in [0, 0.1) is 20.2 Å². The van der Waals surface area contributed by atoms with Gasteiger partial charge < -0.3 is 9.47 Å². The molecule has 0 unspecified atom stereocenters. The molecule has 0 fully saturated rings. The lowest BCUT2D eigenvalue weighted by Crippen LogP contribution is -2.00. The van der Waals surface area contributed by atoms with Gasteiger partial charge in [0.05, 0.1) is 23.1 Å². The van der Waals surface area contributed by atoms with Gasteiger partial charge in [-0.2, -0.15) is 0 Å². The molecule has 0 saturated carbocycles. The molecule has 0 aliphatic carbocycles. The first-order valence-electron chi connectivity index (χ1n) is 16.8. The third kappa shape index (κ3) is 10.9. The summed E-state index contributed by atoms with van der Waals surface area (Å²) >= 11 is 0. The van der Waals surface area contributed by atoms with Crippen LogP contribution in [0.2, 0.25) is 0 Å². The molecule has 48 heavy (non-hydrogen) atoms. The van der Waals surface area contributed by atoms with Gasteiger partial charge in [-0.05, 0) is 83.6 Å². The zero-order valence-corrected chi connectivity index (χ0v) is 27.8. The van der Waals surface area contributed by atoms with Gasteiger partial charge in [0.2, 0.25) is 0 Å². The number of benzene rings is 4. The maximum Gasteiger partial charge on any atom is 0.269 e. The molecule has 250 valence electrons. The maximum absolute atomic E-state index is 11.1. The Labute approximate surface area is 283 Å². The Morgan fingerprint density at radius 2 is 0.917 bits per heavy atom. The molecule has 0 amide bonds. The largest absolute Gasteiger partial charge is 0.493 e. The minimum absolute atomic E-state index is 0.0528. The molecule has 0 atom stereocenters. The molecule has 0 aliphatic heterocycles. The molecule has 4 rings (SSSR count). The zero-order valence-electron chi connectivity index (χ0n) is 27.8. The minimum atomic E-state index is -0.403. The average molecular weight is 649 g/mol. The summed E-state index contributed by atoms with van der Waals surface area (Å²) in [6, 6.07) is 25.2. The molecule has 8 heteroatoms. The van der Waals surface area contributed by atoms with Crippen LogP contribution in [0.1, 0.15) is 87.5 Å². The fourth-order valence-corrected chi connectivity index (χ4v) is 5.19. The quantitative estimate of drug-likeness (QED) is 0.0433. The van der Waals surface area contributed by atoms with Gasteiger partial charge in [-0.15, -0.1) is 0 Å². The summed E-state index contributed by atoms with van der Waals surface area (Å²) in [5.74, 6) is 1.55. The van der Waals surface area contributed by atoms with Crippen molar-refractivity contribution in [2.75, 3.05) is 13.2 Å². The molecule has 0 spiro atoms. The van der Waals surface area contributed by atoms with E-state index >= 15 is 0 Å². The fraction of sp³-hybridized carbons (Fsp3) is 0.300. The smallest absolute Gasteiger partial charge is 0.269 e. The second kappa shape index (κ2) is 18.8. The maximum atomic E-state index is 11.1. The predicted octanol–water partition coefficient (Wildman–Crippen LogP) is 11.4. The number of hydrogen-bond donors (Lipinski definition) is 0. The lowest BCUT2D eigenvalue weighted by atomic mass is 9.99. The Bertz CT molecular complexity index is 1570. The highest BCUT2D eigenvalue weighted by molar-refractivity contribution is 5.80. The number of nitro groups is 2. The molecule has 0 N–H and O–H groups in total. The van der Waals surface area contributed by atoms with Crippen LogP contribution < -0.4 is 9.47 Å². The number of non-ortho nitro benzene ring substituents is 2. The van der Waals surface area contributed by atoms with E-state index in [0.29, 0.717) is 13.2 Å². The Hall–Kier alpha value is -5.24. The zero-order chi connectivity index (χ0) is 34.1. The molecule has 0 radical (unpaired) electrons. The van der Waals surface area contributed by atoms with Crippen LogP contribution in [0.15, 0.2) is 84.9 Å². The van der Waals surface area contributed by atoms with Gasteiger partial charge in [0.15, 0.2) is 0 Å². The molecule has 4 aromatic carbocycles. The summed E-state index contributed by atoms with van der Waals surface area (Å²) in [7, 11) is 0. The van der Waals surface area contributed by atoms with Gasteiger partial charge in [-0.25, -0.2) is 0 Å². The van der Waals surface area contributed by atoms with Gasteiger partial charge in [0.25, 0.3) is 11.4 Å². The van der Waals surface area contributed by atoms with E-state index in [1.165, 1.54) is 37.1 Å². The van der Waals surface area contributed by atoms with Gasteiger partial charge in [0.1, 0.15) is 11.5 Å². The van der Waals surface area contributed by atoms with Crippen molar-refractivity contribution < 1.29 is 19.3 Å². The standard InChI is InChI=1S/C40H44N2O6/c1-3-5-7-9-27-47-39-25-19-33(29-35(39)17-11-31-13-21-37(22-14-31)41(43)44)34-20-26-40(48-28-10-8-6-4-2)36(30-34)18-12-32-15-23-38(24-16-32)42(45)46/h11-26,29-30H,3-10,27-28H2,1-2H3/b17-11+,18-12+. The van der Waals surface area contributed by atoms with E-state index in [1.54, 1.807) is 24.3 Å². The van der Waals surface area contributed by atoms with E-state index in [1.807, 2.05) is 36.4 Å². The number of unbranched alkanes of at least 4 members (excludes halogenated alkanes) is 6. The highest BCUT2D eigenvalue weighted by Crippen LogP contribution is 2.33. The fourth-order valence-electron chi connectivity index (χ4n) is 5.19. The van der Waals surface area contributed by atoms with E-state index in [-0.39, 0.29) is 11.4 Å². The number of hydrogen-bond acceptors (Lipinski definition) is 6. The minimum Gasteiger partial charge on any atom is -0.493 e. The number of ether oxygens (including phenoxy) is 2. The average Bonchev–Trinajstić information content (AvgIpc) is 3.10. The lowest BCUT2D eigenvalue weighted by molar-refractivity contribution is -0.385. The van der Waals surface area contributed by atoms with Gasteiger partial charge in [-0.1, -0.05) is 88.8 Å². The summed E-state index contributed by atoms with van der Waals surface area (Å²) in [5.41, 5.74) is 5.60. The first-order valence-corrected chi connectivity index (χ1v) is 16.8. The molecule has 8 nitrogen and oxygen atoms in total. The number of rotatable bonds is 19. The number of nitro benzene ring substituents is 2. The molecule has 0 heterocycles. The van der Waals surface area contributed by atoms with Gasteiger partial charge in [-0.3, -0.25) is 20.2 Å². The van der Waals surface area contributed by atoms with Gasteiger partial charge in [0, 0.05) is 35.4 Å². The summed E-state index contributed by atoms with van der Waals surface area (Å²) < 4.78 is 12.5. The monoisotopic (exact) mass is 648 g/mol. The van der Waals surface area contributed by atoms with Crippen molar-refractivity contribution >= 4 is 35.7 Å². The summed E-state index contributed by atoms with van der Waals surface area (Å²) in [6.45, 7) is 5.62. The first kappa shape index (κ1) is 35.6. The van der Waals surface area contributed by atoms with Crippen molar-refractivity contribution in [1.82, 2.24) is 0 Å². The molecular formula is C40H44N2O6. The molecular weight excluding hydrogens is 604 g/mol. The van der Waals surface area contributed by atoms with Crippen molar-refractivity contribution in [3.05, 3.63) is 127 Å². The van der Waals surface area contributed by atoms with Crippen LogP contribution >= 0.6 is 0 Å². The summed E-state index contributed by atoms with van der Waals surface area (Å²) in [4.78, 5) is 21.4. The van der Waals surface area contributed by atoms with Crippen LogP contribution in [0.25, 0.3) is 35.4 Å². The van der Waals surface area contributed by atoms with Crippen LogP contribution in [0.3, 0.4) is 0 Å². The topological polar surface area (TPSA) is 105 Å². The van der Waals surface area contributed by atoms with Gasteiger partial charge >= 0.3 is 0 Å². The molecule has 0 saturated heterocycles. The Balaban J connectivity index is 1.65. The Morgan fingerprint density at radius 1 is 0.521 bits per heavy atom. The Morgan fingerprint density at radius 3 is 1.27 bits per heavy atom. The summed E-state index contributed by atoms with van der Waals surface area (Å²) in [5, 5.41) is 22.2. The normalized spacial score (nSPS) is 11.3. The van der Waals surface area contributed by atoms with Crippen molar-refractivity contribution in [2.45, 2.75) is 65.2 Å². The van der Waals surface area contributed by atoms with Crippen molar-refractivity contribution in [3.63, 3.8) is 0 Å². The van der Waals surface area contributed by atoms with E-state index in [9.17, 15) is 20.2 Å². The number of nitrogens with zero attached hydrogens (tertiary/aromatic N) is 2. The highest BCUT2D eigenvalue weighted by atomic mass is 16.6. The van der Waals surface area contributed by atoms with E-state index in [4.69, 9.17) is 9.47 Å². The van der Waals surface area contributed by atoms with Crippen molar-refractivity contribution in [1.29, 1.82) is 0 Å². The third-order valence-electron chi connectivity index (χ3n) is 7.98. The SMILES string of the molecule is CCCCCCOc1ccc(-c2ccc(OCCCCCC)c(/C=C/c3ccc([N+](=O)[O-])cc3)c2)cc1/C=C/c1ccc([N+](=O)[O-])cc1. The lowest BCUT2D eigenvalue weighted by Gasteiger charge is -2.14. The second-order valence-corrected chi connectivity index (χ2v) is 11.7. The second-order valence-electron chi connectivity index (χ2n) is 11.7. The van der Waals surface area contributed by atoms with Crippen LogP contribution in [-0.2, 0) is 0 Å². The van der Waals surface area contributed by atoms with Crippen LogP contribution in [0.4, 0.5) is 11.4 Å². The molecule has 0 aliphatic rings. The molecule has 4 aromatic rings. The van der Waals surface area contributed by atoms with Crippen LogP contribution in [-0.4, -0.2) is 23.1 Å². The van der Waals surface area contributed by atoms with Crippen molar-refractivity contribution in [2.24, 2.45) is 0 Å². The Kier molecular flexibility index (Phi) is 13.9. The summed E-state index contributed by atoms with van der Waals surface area (Å²) in [6.07, 6.45) is 16.7. The molecule has 0 bridgehead atoms. The first-order chi connectivity index (χ1) is 23.4.